The maximum absolute atomic E-state index is 10.9. The monoisotopic (exact) mass is 298 g/mol. The van der Waals surface area contributed by atoms with Gasteiger partial charge in [-0.15, -0.1) is 0 Å². The van der Waals surface area contributed by atoms with Crippen LogP contribution in [0.15, 0.2) is 12.1 Å². The van der Waals surface area contributed by atoms with Crippen molar-refractivity contribution in [3.63, 3.8) is 0 Å². The number of nitrogens with one attached hydrogen (secondary N) is 2. The van der Waals surface area contributed by atoms with E-state index < -0.39 is 4.92 Å². The number of hydrogen-bond acceptors (Lipinski definition) is 6. The molecule has 0 bridgehead atoms. The number of nitro groups is 1. The minimum atomic E-state index is -0.398. The summed E-state index contributed by atoms with van der Waals surface area (Å²) in [5.41, 5.74) is 0.0496. The number of rotatable bonds is 9. The van der Waals surface area contributed by atoms with E-state index in [4.69, 9.17) is 0 Å². The van der Waals surface area contributed by atoms with Gasteiger partial charge in [0.25, 0.3) is 5.69 Å². The Morgan fingerprint density at radius 2 is 2.10 bits per heavy atom. The van der Waals surface area contributed by atoms with Crippen LogP contribution in [0.5, 0.6) is 0 Å². The van der Waals surface area contributed by atoms with Gasteiger partial charge in [0.15, 0.2) is 0 Å². The first-order valence-electron chi connectivity index (χ1n) is 6.81. The summed E-state index contributed by atoms with van der Waals surface area (Å²) in [5.74, 6) is 3.25. The van der Waals surface area contributed by atoms with E-state index in [9.17, 15) is 10.1 Å². The topological polar surface area (TPSA) is 80.1 Å². The predicted octanol–water partition coefficient (Wildman–Crippen LogP) is 3.37. The molecular formula is C13H22N4O2S. The second-order valence-corrected chi connectivity index (χ2v) is 5.81. The van der Waals surface area contributed by atoms with Crippen LogP contribution in [0, 0.1) is 10.1 Å². The van der Waals surface area contributed by atoms with Crippen molar-refractivity contribution in [1.82, 2.24) is 4.98 Å². The van der Waals surface area contributed by atoms with Gasteiger partial charge in [0.1, 0.15) is 11.6 Å². The molecule has 20 heavy (non-hydrogen) atoms. The Balaban J connectivity index is 2.74. The van der Waals surface area contributed by atoms with Crippen LogP contribution < -0.4 is 10.6 Å². The molecule has 1 aromatic rings. The quantitative estimate of drug-likeness (QED) is 0.413. The molecule has 0 fully saturated rings. The van der Waals surface area contributed by atoms with E-state index in [-0.39, 0.29) is 11.7 Å². The van der Waals surface area contributed by atoms with Crippen LogP contribution in [0.3, 0.4) is 0 Å². The first kappa shape index (κ1) is 16.6. The van der Waals surface area contributed by atoms with Crippen molar-refractivity contribution in [3.8, 4) is 0 Å². The molecule has 1 atom stereocenters. The van der Waals surface area contributed by atoms with E-state index in [1.807, 2.05) is 18.7 Å². The molecule has 0 radical (unpaired) electrons. The van der Waals surface area contributed by atoms with E-state index in [0.29, 0.717) is 18.2 Å². The molecular weight excluding hydrogens is 276 g/mol. The lowest BCUT2D eigenvalue weighted by molar-refractivity contribution is -0.384. The van der Waals surface area contributed by atoms with E-state index in [0.717, 1.165) is 17.9 Å². The molecule has 2 N–H and O–H groups in total. The largest absolute Gasteiger partial charge is 0.370 e. The molecule has 0 saturated carbocycles. The average Bonchev–Trinajstić information content (AvgIpc) is 2.39. The van der Waals surface area contributed by atoms with E-state index >= 15 is 0 Å². The van der Waals surface area contributed by atoms with E-state index in [1.54, 1.807) is 0 Å². The standard InChI is InChI=1S/C13H22N4O2S/c1-4-14-12-8-11(17(18)19)9-13(16-12)15-10(3)6-7-20-5-2/h8-10H,4-7H2,1-3H3,(H2,14,15,16). The molecule has 0 spiro atoms. The summed E-state index contributed by atoms with van der Waals surface area (Å²) in [6, 6.07) is 3.16. The molecule has 1 aromatic heterocycles. The third-order valence-electron chi connectivity index (χ3n) is 2.67. The summed E-state index contributed by atoms with van der Waals surface area (Å²) in [6.07, 6.45) is 0.999. The van der Waals surface area contributed by atoms with Crippen LogP contribution in [-0.2, 0) is 0 Å². The Kier molecular flexibility index (Phi) is 7.14. The second kappa shape index (κ2) is 8.63. The van der Waals surface area contributed by atoms with Crippen molar-refractivity contribution < 1.29 is 4.92 Å². The highest BCUT2D eigenvalue weighted by Gasteiger charge is 2.12. The Morgan fingerprint density at radius 1 is 1.40 bits per heavy atom. The Labute approximate surface area is 123 Å². The lowest BCUT2D eigenvalue weighted by atomic mass is 10.2. The number of anilines is 2. The van der Waals surface area contributed by atoms with Crippen molar-refractivity contribution in [2.75, 3.05) is 28.7 Å². The van der Waals surface area contributed by atoms with E-state index in [1.165, 1.54) is 12.1 Å². The molecule has 0 saturated heterocycles. The summed E-state index contributed by atoms with van der Waals surface area (Å²) in [7, 11) is 0. The van der Waals surface area contributed by atoms with Gasteiger partial charge in [0.2, 0.25) is 0 Å². The number of thioether (sulfide) groups is 1. The number of nitrogens with zero attached hydrogens (tertiary/aromatic N) is 2. The molecule has 1 rings (SSSR count). The van der Waals surface area contributed by atoms with E-state index in [2.05, 4.69) is 29.5 Å². The van der Waals surface area contributed by atoms with Gasteiger partial charge in [0.05, 0.1) is 17.1 Å². The molecule has 6 nitrogen and oxygen atoms in total. The van der Waals surface area contributed by atoms with Gasteiger partial charge in [-0.25, -0.2) is 4.98 Å². The van der Waals surface area contributed by atoms with Crippen LogP contribution in [0.1, 0.15) is 27.2 Å². The Bertz CT molecular complexity index is 442. The van der Waals surface area contributed by atoms with Crippen LogP contribution >= 0.6 is 11.8 Å². The first-order chi connectivity index (χ1) is 9.56. The zero-order valence-corrected chi connectivity index (χ0v) is 13.0. The second-order valence-electron chi connectivity index (χ2n) is 4.41. The first-order valence-corrected chi connectivity index (χ1v) is 7.96. The lowest BCUT2D eigenvalue weighted by Crippen LogP contribution is -2.17. The lowest BCUT2D eigenvalue weighted by Gasteiger charge is -2.15. The van der Waals surface area contributed by atoms with Crippen molar-refractivity contribution in [1.29, 1.82) is 0 Å². The third-order valence-corrected chi connectivity index (χ3v) is 3.61. The molecule has 1 unspecified atom stereocenters. The number of aromatic nitrogens is 1. The normalized spacial score (nSPS) is 11.9. The number of pyridine rings is 1. The molecule has 0 aliphatic rings. The fraction of sp³-hybridized carbons (Fsp3) is 0.615. The Hall–Kier alpha value is -1.50. The van der Waals surface area contributed by atoms with Gasteiger partial charge in [-0.05, 0) is 31.8 Å². The molecule has 112 valence electrons. The SMILES string of the molecule is CCNc1cc([N+](=O)[O-])cc(NC(C)CCSCC)n1. The smallest absolute Gasteiger partial charge is 0.276 e. The van der Waals surface area contributed by atoms with Crippen molar-refractivity contribution in [3.05, 3.63) is 22.2 Å². The van der Waals surface area contributed by atoms with Gasteiger partial charge in [-0.3, -0.25) is 10.1 Å². The minimum absolute atomic E-state index is 0.0496. The average molecular weight is 298 g/mol. The van der Waals surface area contributed by atoms with Gasteiger partial charge in [0, 0.05) is 12.6 Å². The van der Waals surface area contributed by atoms with Gasteiger partial charge in [-0.2, -0.15) is 11.8 Å². The highest BCUT2D eigenvalue weighted by molar-refractivity contribution is 7.99. The summed E-state index contributed by atoms with van der Waals surface area (Å²) >= 11 is 1.89. The zero-order chi connectivity index (χ0) is 15.0. The molecule has 0 aromatic carbocycles. The predicted molar refractivity (Wildman–Crippen MR) is 85.8 cm³/mol. The molecule has 7 heteroatoms. The summed E-state index contributed by atoms with van der Waals surface area (Å²) < 4.78 is 0. The highest BCUT2D eigenvalue weighted by Crippen LogP contribution is 2.21. The van der Waals surface area contributed by atoms with Crippen molar-refractivity contribution in [2.45, 2.75) is 33.2 Å². The minimum Gasteiger partial charge on any atom is -0.370 e. The van der Waals surface area contributed by atoms with Crippen LogP contribution in [0.2, 0.25) is 0 Å². The maximum atomic E-state index is 10.9. The van der Waals surface area contributed by atoms with Crippen LogP contribution in [0.25, 0.3) is 0 Å². The molecule has 0 aliphatic heterocycles. The third kappa shape index (κ3) is 5.64. The summed E-state index contributed by atoms with van der Waals surface area (Å²) in [6.45, 7) is 6.80. The van der Waals surface area contributed by atoms with Gasteiger partial charge in [-0.1, -0.05) is 6.92 Å². The van der Waals surface area contributed by atoms with Gasteiger partial charge < -0.3 is 10.6 Å². The van der Waals surface area contributed by atoms with Gasteiger partial charge >= 0.3 is 0 Å². The summed E-state index contributed by atoms with van der Waals surface area (Å²) in [4.78, 5) is 14.9. The van der Waals surface area contributed by atoms with Crippen molar-refractivity contribution in [2.24, 2.45) is 0 Å². The summed E-state index contributed by atoms with van der Waals surface area (Å²) in [5, 5.41) is 17.2. The Morgan fingerprint density at radius 3 is 2.70 bits per heavy atom. The fourth-order valence-electron chi connectivity index (χ4n) is 1.70. The molecule has 0 aliphatic carbocycles. The highest BCUT2D eigenvalue weighted by atomic mass is 32.2. The van der Waals surface area contributed by atoms with Crippen LogP contribution in [-0.4, -0.2) is 34.0 Å². The maximum Gasteiger partial charge on any atom is 0.276 e. The van der Waals surface area contributed by atoms with Crippen LogP contribution in [0.4, 0.5) is 17.3 Å². The zero-order valence-electron chi connectivity index (χ0n) is 12.2. The fourth-order valence-corrected chi connectivity index (χ4v) is 2.51. The molecule has 1 heterocycles. The number of hydrogen-bond donors (Lipinski definition) is 2. The van der Waals surface area contributed by atoms with Crippen molar-refractivity contribution >= 4 is 29.1 Å². The molecule has 0 amide bonds.